The molecule has 3 aromatic rings. The molecule has 168 valence electrons. The largest absolute Gasteiger partial charge is 0.478 e. The first-order chi connectivity index (χ1) is 15.1. The molecule has 1 fully saturated rings. The molecule has 1 saturated heterocycles. The van der Waals surface area contributed by atoms with Crippen LogP contribution in [0.4, 0.5) is 13.2 Å². The van der Waals surface area contributed by atoms with E-state index in [1.807, 2.05) is 0 Å². The number of nitrogens with zero attached hydrogens (tertiary/aromatic N) is 2. The first-order valence-corrected chi connectivity index (χ1v) is 11.4. The average Bonchev–Trinajstić information content (AvgIpc) is 2.78. The van der Waals surface area contributed by atoms with Gasteiger partial charge in [0.05, 0.1) is 27.2 Å². The zero-order valence-electron chi connectivity index (χ0n) is 16.8. The minimum Gasteiger partial charge on any atom is -0.478 e. The van der Waals surface area contributed by atoms with Crippen LogP contribution >= 0.6 is 0 Å². The van der Waals surface area contributed by atoms with Crippen molar-refractivity contribution < 1.29 is 31.5 Å². The van der Waals surface area contributed by atoms with Gasteiger partial charge in [-0.05, 0) is 49.2 Å². The number of halogens is 3. The highest BCUT2D eigenvalue weighted by Gasteiger charge is 2.30. The van der Waals surface area contributed by atoms with Gasteiger partial charge < -0.3 is 5.11 Å². The Hall–Kier alpha value is -2.98. The van der Waals surface area contributed by atoms with Gasteiger partial charge in [0, 0.05) is 24.0 Å². The zero-order chi connectivity index (χ0) is 23.1. The van der Waals surface area contributed by atoms with E-state index in [1.54, 1.807) is 0 Å². The molecule has 6 nitrogen and oxygen atoms in total. The van der Waals surface area contributed by atoms with Gasteiger partial charge >= 0.3 is 12.1 Å². The standard InChI is InChI=1S/C22H19F3N2O4S/c23-22(24,25)15-6-4-14(5-7-15)20-13-18(21(28)29)17-12-16(8-9-19(17)26-20)32(30,31)27-10-2-1-3-11-27/h4-9,12-13H,1-3,10-11H2,(H,28,29). The molecule has 1 aliphatic rings. The summed E-state index contributed by atoms with van der Waals surface area (Å²) in [5.74, 6) is -1.29. The molecule has 0 saturated carbocycles. The summed E-state index contributed by atoms with van der Waals surface area (Å²) in [4.78, 5) is 16.3. The normalized spacial score (nSPS) is 15.7. The number of pyridine rings is 1. The van der Waals surface area contributed by atoms with Crippen LogP contribution in [0, 0.1) is 0 Å². The first kappa shape index (κ1) is 22.2. The van der Waals surface area contributed by atoms with Crippen LogP contribution in [0.5, 0.6) is 0 Å². The molecular weight excluding hydrogens is 445 g/mol. The van der Waals surface area contributed by atoms with Crippen LogP contribution in [0.1, 0.15) is 35.2 Å². The van der Waals surface area contributed by atoms with Crippen LogP contribution in [-0.2, 0) is 16.2 Å². The van der Waals surface area contributed by atoms with Crippen LogP contribution in [0.2, 0.25) is 0 Å². The van der Waals surface area contributed by atoms with E-state index in [9.17, 15) is 31.5 Å². The SMILES string of the molecule is O=C(O)c1cc(-c2ccc(C(F)(F)F)cc2)nc2ccc(S(=O)(=O)N3CCCCC3)cc12. The van der Waals surface area contributed by atoms with Gasteiger partial charge in [-0.3, -0.25) is 0 Å². The highest BCUT2D eigenvalue weighted by Crippen LogP contribution is 2.32. The van der Waals surface area contributed by atoms with E-state index in [0.717, 1.165) is 31.4 Å². The van der Waals surface area contributed by atoms with E-state index in [0.29, 0.717) is 18.7 Å². The third-order valence-electron chi connectivity index (χ3n) is 5.47. The Bertz CT molecular complexity index is 1280. The molecule has 4 rings (SSSR count). The van der Waals surface area contributed by atoms with E-state index in [1.165, 1.54) is 40.7 Å². The van der Waals surface area contributed by atoms with Crippen LogP contribution in [0.25, 0.3) is 22.2 Å². The minimum absolute atomic E-state index is 0.0153. The Morgan fingerprint density at radius 2 is 1.62 bits per heavy atom. The zero-order valence-corrected chi connectivity index (χ0v) is 17.6. The molecule has 0 amide bonds. The van der Waals surface area contributed by atoms with E-state index >= 15 is 0 Å². The lowest BCUT2D eigenvalue weighted by Gasteiger charge is -2.26. The molecule has 1 aliphatic heterocycles. The molecule has 2 heterocycles. The summed E-state index contributed by atoms with van der Waals surface area (Å²) in [7, 11) is -3.77. The fourth-order valence-corrected chi connectivity index (χ4v) is 5.32. The summed E-state index contributed by atoms with van der Waals surface area (Å²) in [5.41, 5.74) is -0.284. The Balaban J connectivity index is 1.79. The van der Waals surface area contributed by atoms with Crippen molar-refractivity contribution in [1.82, 2.24) is 9.29 Å². The van der Waals surface area contributed by atoms with Gasteiger partial charge in [0.2, 0.25) is 10.0 Å². The third-order valence-corrected chi connectivity index (χ3v) is 7.37. The fourth-order valence-electron chi connectivity index (χ4n) is 3.77. The molecule has 0 spiro atoms. The number of piperidine rings is 1. The molecule has 0 bridgehead atoms. The van der Waals surface area contributed by atoms with Crippen molar-refractivity contribution in [2.45, 2.75) is 30.3 Å². The van der Waals surface area contributed by atoms with Crippen molar-refractivity contribution >= 4 is 26.9 Å². The summed E-state index contributed by atoms with van der Waals surface area (Å²) in [6.07, 6.45) is -1.99. The highest BCUT2D eigenvalue weighted by atomic mass is 32.2. The van der Waals surface area contributed by atoms with Crippen LogP contribution < -0.4 is 0 Å². The molecule has 2 aromatic carbocycles. The smallest absolute Gasteiger partial charge is 0.416 e. The van der Waals surface area contributed by atoms with Crippen molar-refractivity contribution in [3.63, 3.8) is 0 Å². The van der Waals surface area contributed by atoms with Gasteiger partial charge in [0.25, 0.3) is 0 Å². The summed E-state index contributed by atoms with van der Waals surface area (Å²) in [6.45, 7) is 0.828. The lowest BCUT2D eigenvalue weighted by Crippen LogP contribution is -2.35. The van der Waals surface area contributed by atoms with Gasteiger partial charge in [-0.15, -0.1) is 0 Å². The second-order valence-corrected chi connectivity index (χ2v) is 9.52. The Morgan fingerprint density at radius 3 is 2.22 bits per heavy atom. The van der Waals surface area contributed by atoms with E-state index in [2.05, 4.69) is 4.98 Å². The predicted molar refractivity (Wildman–Crippen MR) is 112 cm³/mol. The molecule has 0 unspecified atom stereocenters. The number of sulfonamides is 1. The maximum absolute atomic E-state index is 13.0. The van der Waals surface area contributed by atoms with Crippen LogP contribution in [0.15, 0.2) is 53.4 Å². The lowest BCUT2D eigenvalue weighted by molar-refractivity contribution is -0.137. The fraction of sp³-hybridized carbons (Fsp3) is 0.273. The number of carboxylic acids is 1. The second-order valence-electron chi connectivity index (χ2n) is 7.58. The Labute approximate surface area is 182 Å². The summed E-state index contributed by atoms with van der Waals surface area (Å²) in [6, 6.07) is 9.58. The second kappa shape index (κ2) is 8.18. The minimum atomic E-state index is -4.49. The van der Waals surface area contributed by atoms with Crippen molar-refractivity contribution in [1.29, 1.82) is 0 Å². The molecule has 1 aromatic heterocycles. The quantitative estimate of drug-likeness (QED) is 0.600. The number of fused-ring (bicyclic) bond motifs is 1. The molecule has 10 heteroatoms. The lowest BCUT2D eigenvalue weighted by atomic mass is 10.0. The van der Waals surface area contributed by atoms with Crippen molar-refractivity contribution in [2.24, 2.45) is 0 Å². The van der Waals surface area contributed by atoms with E-state index in [4.69, 9.17) is 0 Å². The van der Waals surface area contributed by atoms with E-state index in [-0.39, 0.29) is 27.1 Å². The van der Waals surface area contributed by atoms with Gasteiger partial charge in [-0.25, -0.2) is 18.2 Å². The van der Waals surface area contributed by atoms with Gasteiger partial charge in [-0.1, -0.05) is 18.6 Å². The number of aromatic nitrogens is 1. The topological polar surface area (TPSA) is 87.6 Å². The number of aromatic carboxylic acids is 1. The molecule has 0 aliphatic carbocycles. The van der Waals surface area contributed by atoms with Crippen LogP contribution in [-0.4, -0.2) is 41.9 Å². The van der Waals surface area contributed by atoms with E-state index < -0.39 is 27.7 Å². The van der Waals surface area contributed by atoms with Gasteiger partial charge in [0.15, 0.2) is 0 Å². The maximum atomic E-state index is 13.0. The Morgan fingerprint density at radius 1 is 0.969 bits per heavy atom. The number of hydrogen-bond acceptors (Lipinski definition) is 4. The van der Waals surface area contributed by atoms with Crippen molar-refractivity contribution in [3.8, 4) is 11.3 Å². The van der Waals surface area contributed by atoms with Crippen molar-refractivity contribution in [3.05, 3.63) is 59.7 Å². The Kier molecular flexibility index (Phi) is 5.68. The highest BCUT2D eigenvalue weighted by molar-refractivity contribution is 7.89. The number of carboxylic acid groups (broad SMARTS) is 1. The summed E-state index contributed by atoms with van der Waals surface area (Å²) < 4.78 is 65.8. The predicted octanol–water partition coefficient (Wildman–Crippen LogP) is 4.79. The number of rotatable bonds is 4. The van der Waals surface area contributed by atoms with Gasteiger partial charge in [-0.2, -0.15) is 17.5 Å². The molecule has 0 atom stereocenters. The van der Waals surface area contributed by atoms with Gasteiger partial charge in [0.1, 0.15) is 0 Å². The number of carbonyl (C=O) groups is 1. The molecular formula is C22H19F3N2O4S. The number of benzene rings is 2. The summed E-state index contributed by atoms with van der Waals surface area (Å²) >= 11 is 0. The third kappa shape index (κ3) is 4.20. The molecule has 32 heavy (non-hydrogen) atoms. The monoisotopic (exact) mass is 464 g/mol. The maximum Gasteiger partial charge on any atom is 0.416 e. The van der Waals surface area contributed by atoms with Crippen molar-refractivity contribution in [2.75, 3.05) is 13.1 Å². The number of hydrogen-bond donors (Lipinski definition) is 1. The average molecular weight is 464 g/mol. The number of alkyl halides is 3. The first-order valence-electron chi connectivity index (χ1n) is 9.93. The van der Waals surface area contributed by atoms with Crippen LogP contribution in [0.3, 0.4) is 0 Å². The molecule has 1 N–H and O–H groups in total. The summed E-state index contributed by atoms with van der Waals surface area (Å²) in [5, 5.41) is 9.86. The molecule has 0 radical (unpaired) electrons.